The molecule has 1 aliphatic rings. The van der Waals surface area contributed by atoms with Crippen LogP contribution in [0.2, 0.25) is 5.02 Å². The Morgan fingerprint density at radius 1 is 1.14 bits per heavy atom. The molecule has 114 valence electrons. The van der Waals surface area contributed by atoms with Crippen molar-refractivity contribution in [2.24, 2.45) is 0 Å². The highest BCUT2D eigenvalue weighted by atomic mass is 35.5. The quantitative estimate of drug-likeness (QED) is 0.820. The van der Waals surface area contributed by atoms with E-state index in [2.05, 4.69) is 0 Å². The first-order valence-corrected chi connectivity index (χ1v) is 7.83. The van der Waals surface area contributed by atoms with Gasteiger partial charge in [-0.25, -0.2) is 4.79 Å². The van der Waals surface area contributed by atoms with E-state index >= 15 is 0 Å². The Morgan fingerprint density at radius 2 is 1.95 bits per heavy atom. The van der Waals surface area contributed by atoms with Crippen molar-refractivity contribution in [3.05, 3.63) is 70.2 Å². The van der Waals surface area contributed by atoms with Gasteiger partial charge >= 0.3 is 6.09 Å². The normalized spacial score (nSPS) is 14.1. The highest BCUT2D eigenvalue weighted by Gasteiger charge is 2.20. The van der Waals surface area contributed by atoms with Gasteiger partial charge < -0.3 is 9.64 Å². The molecular weight excluding hydrogens is 298 g/mol. The van der Waals surface area contributed by atoms with Crippen molar-refractivity contribution in [3.8, 4) is 0 Å². The zero-order chi connectivity index (χ0) is 15.4. The molecule has 3 nitrogen and oxygen atoms in total. The lowest BCUT2D eigenvalue weighted by molar-refractivity contribution is 0.0942. The van der Waals surface area contributed by atoms with Crippen LogP contribution in [-0.4, -0.2) is 17.5 Å². The van der Waals surface area contributed by atoms with Crippen molar-refractivity contribution in [1.82, 2.24) is 4.90 Å². The van der Waals surface area contributed by atoms with Crippen LogP contribution in [0.1, 0.15) is 23.1 Å². The Balaban J connectivity index is 1.64. The summed E-state index contributed by atoms with van der Waals surface area (Å²) in [6.07, 6.45) is 1.61. The second-order valence-corrected chi connectivity index (χ2v) is 5.91. The first-order valence-electron chi connectivity index (χ1n) is 7.45. The van der Waals surface area contributed by atoms with Crippen molar-refractivity contribution < 1.29 is 9.53 Å². The van der Waals surface area contributed by atoms with E-state index in [0.29, 0.717) is 19.7 Å². The average Bonchev–Trinajstić information content (AvgIpc) is 2.75. The number of benzene rings is 2. The van der Waals surface area contributed by atoms with Gasteiger partial charge in [0.05, 0.1) is 0 Å². The third kappa shape index (κ3) is 3.60. The number of hydrogen-bond donors (Lipinski definition) is 0. The van der Waals surface area contributed by atoms with Crippen molar-refractivity contribution in [1.29, 1.82) is 0 Å². The molecule has 2 aromatic rings. The maximum absolute atomic E-state index is 12.3. The third-order valence-corrected chi connectivity index (χ3v) is 4.10. The molecule has 4 heteroatoms. The van der Waals surface area contributed by atoms with Crippen molar-refractivity contribution in [3.63, 3.8) is 0 Å². The van der Waals surface area contributed by atoms with Gasteiger partial charge in [0.25, 0.3) is 0 Å². The van der Waals surface area contributed by atoms with Gasteiger partial charge in [-0.3, -0.25) is 0 Å². The van der Waals surface area contributed by atoms with E-state index in [1.165, 1.54) is 5.56 Å². The molecular formula is C18H18ClNO2. The van der Waals surface area contributed by atoms with Crippen LogP contribution >= 0.6 is 11.6 Å². The zero-order valence-corrected chi connectivity index (χ0v) is 13.1. The number of halogens is 1. The lowest BCUT2D eigenvalue weighted by Gasteiger charge is -2.20. The number of rotatable bonds is 2. The Bertz CT molecular complexity index is 657. The molecule has 0 saturated carbocycles. The molecule has 0 aliphatic carbocycles. The molecule has 0 spiro atoms. The molecule has 1 heterocycles. The highest BCUT2D eigenvalue weighted by molar-refractivity contribution is 6.30. The van der Waals surface area contributed by atoms with Crippen molar-refractivity contribution in [2.75, 3.05) is 6.54 Å². The van der Waals surface area contributed by atoms with Crippen LogP contribution < -0.4 is 0 Å². The summed E-state index contributed by atoms with van der Waals surface area (Å²) >= 11 is 6.04. The van der Waals surface area contributed by atoms with Gasteiger partial charge in [-0.1, -0.05) is 48.0 Å². The van der Waals surface area contributed by atoms with Crippen LogP contribution in [0.25, 0.3) is 0 Å². The lowest BCUT2D eigenvalue weighted by atomic mass is 10.0. The first kappa shape index (κ1) is 14.9. The minimum absolute atomic E-state index is 0.258. The molecule has 3 rings (SSSR count). The van der Waals surface area contributed by atoms with Crippen LogP contribution in [-0.2, 0) is 24.3 Å². The topological polar surface area (TPSA) is 29.5 Å². The standard InChI is InChI=1S/C18H18ClNO2/c19-17-9-8-16-12-20(10-4-7-15(16)11-17)18(21)22-13-14-5-2-1-3-6-14/h1-3,5-6,8-9,11H,4,7,10,12-13H2. The van der Waals surface area contributed by atoms with Crippen LogP contribution in [0.5, 0.6) is 0 Å². The van der Waals surface area contributed by atoms with Crippen LogP contribution in [0.15, 0.2) is 48.5 Å². The van der Waals surface area contributed by atoms with Gasteiger partial charge in [-0.2, -0.15) is 0 Å². The molecule has 0 aromatic heterocycles. The summed E-state index contributed by atoms with van der Waals surface area (Å²) in [7, 11) is 0. The molecule has 0 saturated heterocycles. The predicted octanol–water partition coefficient (Wildman–Crippen LogP) is 4.43. The number of carbonyl (C=O) groups is 1. The zero-order valence-electron chi connectivity index (χ0n) is 12.3. The van der Waals surface area contributed by atoms with Gasteiger partial charge in [-0.05, 0) is 41.7 Å². The number of nitrogens with zero attached hydrogens (tertiary/aromatic N) is 1. The minimum Gasteiger partial charge on any atom is -0.445 e. The highest BCUT2D eigenvalue weighted by Crippen LogP contribution is 2.23. The van der Waals surface area contributed by atoms with E-state index in [0.717, 1.165) is 29.0 Å². The fraction of sp³-hybridized carbons (Fsp3) is 0.278. The smallest absolute Gasteiger partial charge is 0.410 e. The molecule has 0 bridgehead atoms. The minimum atomic E-state index is -0.258. The molecule has 2 aromatic carbocycles. The SMILES string of the molecule is O=C(OCc1ccccc1)N1CCCc2cc(Cl)ccc2C1. The number of amides is 1. The Kier molecular flexibility index (Phi) is 4.64. The molecule has 0 fully saturated rings. The van der Waals surface area contributed by atoms with Crippen molar-refractivity contribution >= 4 is 17.7 Å². The number of hydrogen-bond acceptors (Lipinski definition) is 2. The van der Waals surface area contributed by atoms with E-state index in [4.69, 9.17) is 16.3 Å². The second kappa shape index (κ2) is 6.84. The summed E-state index contributed by atoms with van der Waals surface area (Å²) in [4.78, 5) is 14.0. The molecule has 0 atom stereocenters. The monoisotopic (exact) mass is 315 g/mol. The molecule has 0 unspecified atom stereocenters. The number of aryl methyl sites for hydroxylation is 1. The number of carbonyl (C=O) groups excluding carboxylic acids is 1. The summed E-state index contributed by atoms with van der Waals surface area (Å²) in [5.41, 5.74) is 3.38. The average molecular weight is 316 g/mol. The second-order valence-electron chi connectivity index (χ2n) is 5.48. The Labute approximate surface area is 135 Å². The van der Waals surface area contributed by atoms with E-state index in [9.17, 15) is 4.79 Å². The summed E-state index contributed by atoms with van der Waals surface area (Å²) < 4.78 is 5.42. The summed E-state index contributed by atoms with van der Waals surface area (Å²) in [6.45, 7) is 1.60. The third-order valence-electron chi connectivity index (χ3n) is 3.87. The molecule has 0 N–H and O–H groups in total. The number of fused-ring (bicyclic) bond motifs is 1. The maximum Gasteiger partial charge on any atom is 0.410 e. The Hall–Kier alpha value is -2.00. The molecule has 0 radical (unpaired) electrons. The molecule has 22 heavy (non-hydrogen) atoms. The molecule has 1 amide bonds. The first-order chi connectivity index (χ1) is 10.7. The molecule has 1 aliphatic heterocycles. The lowest BCUT2D eigenvalue weighted by Crippen LogP contribution is -2.31. The fourth-order valence-electron chi connectivity index (χ4n) is 2.69. The van der Waals surface area contributed by atoms with Crippen molar-refractivity contribution in [2.45, 2.75) is 26.0 Å². The van der Waals surface area contributed by atoms with E-state index in [-0.39, 0.29) is 6.09 Å². The number of ether oxygens (including phenoxy) is 1. The van der Waals surface area contributed by atoms with E-state index in [1.807, 2.05) is 48.5 Å². The van der Waals surface area contributed by atoms with E-state index in [1.54, 1.807) is 4.90 Å². The summed E-state index contributed by atoms with van der Waals surface area (Å²) in [6, 6.07) is 15.6. The largest absolute Gasteiger partial charge is 0.445 e. The van der Waals surface area contributed by atoms with Crippen LogP contribution in [0.3, 0.4) is 0 Å². The van der Waals surface area contributed by atoms with Gasteiger partial charge in [0.2, 0.25) is 0 Å². The summed E-state index contributed by atoms with van der Waals surface area (Å²) in [5, 5.41) is 0.749. The van der Waals surface area contributed by atoms with E-state index < -0.39 is 0 Å². The van der Waals surface area contributed by atoms with Gasteiger partial charge in [-0.15, -0.1) is 0 Å². The predicted molar refractivity (Wildman–Crippen MR) is 86.8 cm³/mol. The van der Waals surface area contributed by atoms with Crippen LogP contribution in [0, 0.1) is 0 Å². The van der Waals surface area contributed by atoms with Crippen LogP contribution in [0.4, 0.5) is 4.79 Å². The van der Waals surface area contributed by atoms with Gasteiger partial charge in [0, 0.05) is 18.1 Å². The van der Waals surface area contributed by atoms with Gasteiger partial charge in [0.1, 0.15) is 6.61 Å². The Morgan fingerprint density at radius 3 is 2.77 bits per heavy atom. The summed E-state index contributed by atoms with van der Waals surface area (Å²) in [5.74, 6) is 0. The van der Waals surface area contributed by atoms with Gasteiger partial charge in [0.15, 0.2) is 0 Å². The fourth-order valence-corrected chi connectivity index (χ4v) is 2.89. The maximum atomic E-state index is 12.3.